The van der Waals surface area contributed by atoms with Crippen molar-refractivity contribution in [3.8, 4) is 5.75 Å². The Morgan fingerprint density at radius 3 is 2.64 bits per heavy atom. The van der Waals surface area contributed by atoms with Crippen molar-refractivity contribution in [2.75, 3.05) is 20.2 Å². The molecule has 2 aromatic carbocycles. The monoisotopic (exact) mass is 374 g/mol. The number of aromatic nitrogens is 1. The highest BCUT2D eigenvalue weighted by atomic mass is 16.5. The molecule has 0 unspecified atom stereocenters. The molecular weight excluding hydrogens is 348 g/mol. The van der Waals surface area contributed by atoms with E-state index >= 15 is 0 Å². The van der Waals surface area contributed by atoms with Crippen LogP contribution in [0.5, 0.6) is 5.75 Å². The zero-order chi connectivity index (χ0) is 18.9. The number of methoxy groups -OCH3 is 1. The Labute approximate surface area is 166 Å². The van der Waals surface area contributed by atoms with Gasteiger partial charge >= 0.3 is 0 Å². The molecule has 28 heavy (non-hydrogen) atoms. The summed E-state index contributed by atoms with van der Waals surface area (Å²) in [5.41, 5.74) is 3.29. The molecule has 3 aromatic rings. The number of nitrogens with zero attached hydrogens (tertiary/aromatic N) is 2. The molecule has 0 bridgehead atoms. The number of benzene rings is 2. The van der Waals surface area contributed by atoms with Crippen molar-refractivity contribution in [3.63, 3.8) is 0 Å². The van der Waals surface area contributed by atoms with Crippen LogP contribution in [-0.2, 0) is 11.3 Å². The van der Waals surface area contributed by atoms with Crippen LogP contribution in [0.3, 0.4) is 0 Å². The predicted octanol–water partition coefficient (Wildman–Crippen LogP) is 4.60. The molecule has 1 saturated heterocycles. The number of hydrogen-bond acceptors (Lipinski definition) is 4. The SMILES string of the molecule is COc1cccc2ccc(CN3C[C@@H](c4ccccc4)O[C@@H](C4CC4)C3)nc12. The Bertz CT molecular complexity index is 955. The number of hydrogen-bond donors (Lipinski definition) is 0. The molecule has 4 heteroatoms. The molecule has 0 radical (unpaired) electrons. The molecule has 0 N–H and O–H groups in total. The van der Waals surface area contributed by atoms with Gasteiger partial charge < -0.3 is 9.47 Å². The summed E-state index contributed by atoms with van der Waals surface area (Å²) in [7, 11) is 1.70. The summed E-state index contributed by atoms with van der Waals surface area (Å²) in [6.07, 6.45) is 3.06. The topological polar surface area (TPSA) is 34.6 Å². The Balaban J connectivity index is 1.39. The van der Waals surface area contributed by atoms with Gasteiger partial charge in [-0.15, -0.1) is 0 Å². The summed E-state index contributed by atoms with van der Waals surface area (Å²) in [5, 5.41) is 1.11. The van der Waals surface area contributed by atoms with Crippen molar-refractivity contribution < 1.29 is 9.47 Å². The molecular formula is C24H26N2O2. The fourth-order valence-corrected chi connectivity index (χ4v) is 4.21. The van der Waals surface area contributed by atoms with Crippen LogP contribution in [0, 0.1) is 5.92 Å². The zero-order valence-corrected chi connectivity index (χ0v) is 16.3. The van der Waals surface area contributed by atoms with Gasteiger partial charge in [0.1, 0.15) is 11.3 Å². The number of fused-ring (bicyclic) bond motifs is 1. The number of para-hydroxylation sites is 1. The maximum absolute atomic E-state index is 6.49. The van der Waals surface area contributed by atoms with Gasteiger partial charge in [0.2, 0.25) is 0 Å². The maximum Gasteiger partial charge on any atom is 0.145 e. The van der Waals surface area contributed by atoms with E-state index in [0.29, 0.717) is 6.10 Å². The van der Waals surface area contributed by atoms with Crippen LogP contribution in [0.1, 0.15) is 30.2 Å². The lowest BCUT2D eigenvalue weighted by Gasteiger charge is -2.38. The average Bonchev–Trinajstić information content (AvgIpc) is 3.59. The summed E-state index contributed by atoms with van der Waals surface area (Å²) in [6.45, 7) is 2.72. The Morgan fingerprint density at radius 2 is 1.86 bits per heavy atom. The molecule has 2 aliphatic rings. The summed E-state index contributed by atoms with van der Waals surface area (Å²) in [4.78, 5) is 7.42. The lowest BCUT2D eigenvalue weighted by atomic mass is 10.0. The van der Waals surface area contributed by atoms with Crippen molar-refractivity contribution in [1.29, 1.82) is 0 Å². The lowest BCUT2D eigenvalue weighted by molar-refractivity contribution is -0.0988. The highest BCUT2D eigenvalue weighted by Crippen LogP contribution is 2.39. The van der Waals surface area contributed by atoms with Crippen molar-refractivity contribution in [2.24, 2.45) is 5.92 Å². The summed E-state index contributed by atoms with van der Waals surface area (Å²) in [5.74, 6) is 1.55. The van der Waals surface area contributed by atoms with Gasteiger partial charge in [-0.25, -0.2) is 4.98 Å². The largest absolute Gasteiger partial charge is 0.494 e. The third-order valence-electron chi connectivity index (χ3n) is 5.87. The smallest absolute Gasteiger partial charge is 0.145 e. The van der Waals surface area contributed by atoms with Crippen LogP contribution in [0.25, 0.3) is 10.9 Å². The maximum atomic E-state index is 6.49. The van der Waals surface area contributed by atoms with Gasteiger partial charge in [0.05, 0.1) is 25.0 Å². The van der Waals surface area contributed by atoms with E-state index in [4.69, 9.17) is 14.5 Å². The van der Waals surface area contributed by atoms with Crippen molar-refractivity contribution in [1.82, 2.24) is 9.88 Å². The highest BCUT2D eigenvalue weighted by molar-refractivity contribution is 5.84. The first-order chi connectivity index (χ1) is 13.8. The minimum absolute atomic E-state index is 0.135. The van der Waals surface area contributed by atoms with Crippen LogP contribution in [0.15, 0.2) is 60.7 Å². The number of rotatable bonds is 5. The van der Waals surface area contributed by atoms with E-state index in [0.717, 1.165) is 47.9 Å². The van der Waals surface area contributed by atoms with Crippen LogP contribution in [-0.4, -0.2) is 36.2 Å². The minimum atomic E-state index is 0.135. The van der Waals surface area contributed by atoms with E-state index in [9.17, 15) is 0 Å². The Hall–Kier alpha value is -2.43. The van der Waals surface area contributed by atoms with Crippen LogP contribution in [0.4, 0.5) is 0 Å². The third-order valence-corrected chi connectivity index (χ3v) is 5.87. The van der Waals surface area contributed by atoms with Gasteiger partial charge in [0.25, 0.3) is 0 Å². The minimum Gasteiger partial charge on any atom is -0.494 e. The second-order valence-corrected chi connectivity index (χ2v) is 7.94. The van der Waals surface area contributed by atoms with Gasteiger partial charge in [-0.1, -0.05) is 48.5 Å². The predicted molar refractivity (Wildman–Crippen MR) is 110 cm³/mol. The van der Waals surface area contributed by atoms with Gasteiger partial charge in [-0.3, -0.25) is 4.90 Å². The van der Waals surface area contributed by atoms with E-state index in [-0.39, 0.29) is 6.10 Å². The molecule has 1 aliphatic carbocycles. The quantitative estimate of drug-likeness (QED) is 0.654. The molecule has 144 valence electrons. The Kier molecular flexibility index (Phi) is 4.75. The van der Waals surface area contributed by atoms with Crippen LogP contribution >= 0.6 is 0 Å². The number of ether oxygens (including phenoxy) is 2. The molecule has 0 amide bonds. The fourth-order valence-electron chi connectivity index (χ4n) is 4.21. The van der Waals surface area contributed by atoms with E-state index in [1.165, 1.54) is 18.4 Å². The van der Waals surface area contributed by atoms with Gasteiger partial charge in [0, 0.05) is 25.0 Å². The van der Waals surface area contributed by atoms with Crippen molar-refractivity contribution >= 4 is 10.9 Å². The first kappa shape index (κ1) is 17.7. The first-order valence-electron chi connectivity index (χ1n) is 10.2. The van der Waals surface area contributed by atoms with E-state index in [2.05, 4.69) is 53.4 Å². The van der Waals surface area contributed by atoms with E-state index in [1.54, 1.807) is 7.11 Å². The standard InChI is InChI=1S/C24H26N2O2/c1-27-21-9-5-8-19-12-13-20(25-24(19)21)14-26-15-22(17-6-3-2-4-7-17)28-23(16-26)18-10-11-18/h2-9,12-13,18,22-23H,10-11,14-16H2,1H3/t22-,23+/m0/s1. The van der Waals surface area contributed by atoms with Gasteiger partial charge in [-0.2, -0.15) is 0 Å². The molecule has 2 heterocycles. The molecule has 1 aromatic heterocycles. The molecule has 1 saturated carbocycles. The third kappa shape index (κ3) is 3.62. The van der Waals surface area contributed by atoms with Crippen molar-refractivity contribution in [3.05, 3.63) is 71.9 Å². The van der Waals surface area contributed by atoms with Crippen LogP contribution in [0.2, 0.25) is 0 Å². The van der Waals surface area contributed by atoms with Gasteiger partial charge in [-0.05, 0) is 36.5 Å². The molecule has 5 rings (SSSR count). The Morgan fingerprint density at radius 1 is 1.00 bits per heavy atom. The molecule has 2 atom stereocenters. The molecule has 4 nitrogen and oxygen atoms in total. The molecule has 0 spiro atoms. The average molecular weight is 374 g/mol. The van der Waals surface area contributed by atoms with E-state index in [1.807, 2.05) is 12.1 Å². The van der Waals surface area contributed by atoms with Gasteiger partial charge in [0.15, 0.2) is 0 Å². The lowest BCUT2D eigenvalue weighted by Crippen LogP contribution is -2.44. The summed E-state index contributed by atoms with van der Waals surface area (Å²) in [6, 6.07) is 21.0. The van der Waals surface area contributed by atoms with E-state index < -0.39 is 0 Å². The second kappa shape index (κ2) is 7.53. The zero-order valence-electron chi connectivity index (χ0n) is 16.3. The van der Waals surface area contributed by atoms with Crippen LogP contribution < -0.4 is 4.74 Å². The summed E-state index contributed by atoms with van der Waals surface area (Å²) < 4.78 is 12.0. The summed E-state index contributed by atoms with van der Waals surface area (Å²) >= 11 is 0. The second-order valence-electron chi connectivity index (χ2n) is 7.94. The molecule has 2 fully saturated rings. The number of morpholine rings is 1. The highest BCUT2D eigenvalue weighted by Gasteiger charge is 2.38. The number of pyridine rings is 1. The fraction of sp³-hybridized carbons (Fsp3) is 0.375. The normalized spacial score (nSPS) is 23.0. The van der Waals surface area contributed by atoms with Crippen molar-refractivity contribution in [2.45, 2.75) is 31.6 Å². The molecule has 1 aliphatic heterocycles. The first-order valence-corrected chi connectivity index (χ1v) is 10.2.